The van der Waals surface area contributed by atoms with Crippen molar-refractivity contribution in [1.82, 2.24) is 4.98 Å². The number of aromatic nitrogens is 1. The maximum absolute atomic E-state index is 12.1. The van der Waals surface area contributed by atoms with Crippen LogP contribution in [0.25, 0.3) is 0 Å². The molecular weight excluding hydrogens is 290 g/mol. The fraction of sp³-hybridized carbons (Fsp3) is 0.533. The van der Waals surface area contributed by atoms with Crippen molar-refractivity contribution < 1.29 is 28.6 Å². The Bertz CT molecular complexity index is 561. The number of carbonyl (C=O) groups excluding carboxylic acids is 3. The van der Waals surface area contributed by atoms with Crippen LogP contribution in [0.5, 0.6) is 0 Å². The fourth-order valence-electron chi connectivity index (χ4n) is 1.98. The van der Waals surface area contributed by atoms with Crippen LogP contribution in [0, 0.1) is 13.8 Å². The lowest BCUT2D eigenvalue weighted by molar-refractivity contribution is -0.147. The van der Waals surface area contributed by atoms with Crippen molar-refractivity contribution in [3.63, 3.8) is 0 Å². The van der Waals surface area contributed by atoms with Crippen LogP contribution in [-0.4, -0.2) is 49.1 Å². The maximum atomic E-state index is 12.1. The molecule has 0 fully saturated rings. The molecule has 1 rings (SSSR count). The normalized spacial score (nSPS) is 10.4. The first-order valence-electron chi connectivity index (χ1n) is 7.05. The first-order chi connectivity index (χ1) is 10.4. The molecule has 1 N–H and O–H groups in total. The number of esters is 2. The molecule has 7 nitrogen and oxygen atoms in total. The third-order valence-corrected chi connectivity index (χ3v) is 2.98. The average Bonchev–Trinajstić information content (AvgIpc) is 2.77. The molecular formula is C15H21NO6. The van der Waals surface area contributed by atoms with E-state index in [-0.39, 0.29) is 18.9 Å². The molecule has 122 valence electrons. The number of rotatable bonds is 8. The van der Waals surface area contributed by atoms with Crippen molar-refractivity contribution in [3.05, 3.63) is 22.5 Å². The Labute approximate surface area is 128 Å². The number of hydrogen-bond donors (Lipinski definition) is 1. The molecule has 0 aromatic carbocycles. The molecule has 0 radical (unpaired) electrons. The standard InChI is InChI=1S/C15H21NO6/c1-5-20-8-12(18)22-7-11(17)14-9(3)13(10(4)16-14)15(19)21-6-2/h16H,5-8H2,1-4H3. The van der Waals surface area contributed by atoms with Crippen molar-refractivity contribution in [2.75, 3.05) is 26.4 Å². The smallest absolute Gasteiger partial charge is 0.340 e. The van der Waals surface area contributed by atoms with Crippen LogP contribution in [0.1, 0.15) is 46.0 Å². The number of ketones is 1. The molecule has 1 aromatic rings. The summed E-state index contributed by atoms with van der Waals surface area (Å²) in [7, 11) is 0. The SMILES string of the molecule is CCOCC(=O)OCC(=O)c1[nH]c(C)c(C(=O)OCC)c1C. The Morgan fingerprint density at radius 3 is 2.27 bits per heavy atom. The summed E-state index contributed by atoms with van der Waals surface area (Å²) < 4.78 is 14.7. The van der Waals surface area contributed by atoms with E-state index in [1.165, 1.54) is 0 Å². The number of aromatic amines is 1. The Morgan fingerprint density at radius 2 is 1.68 bits per heavy atom. The second-order valence-corrected chi connectivity index (χ2v) is 4.57. The zero-order valence-corrected chi connectivity index (χ0v) is 13.3. The van der Waals surface area contributed by atoms with E-state index in [1.807, 2.05) is 0 Å². The van der Waals surface area contributed by atoms with Gasteiger partial charge in [-0.1, -0.05) is 0 Å². The topological polar surface area (TPSA) is 94.7 Å². The molecule has 7 heteroatoms. The molecule has 0 atom stereocenters. The van der Waals surface area contributed by atoms with E-state index in [0.29, 0.717) is 23.4 Å². The molecule has 0 bridgehead atoms. The predicted molar refractivity (Wildman–Crippen MR) is 78.0 cm³/mol. The van der Waals surface area contributed by atoms with Crippen LogP contribution < -0.4 is 0 Å². The van der Waals surface area contributed by atoms with E-state index in [0.717, 1.165) is 0 Å². The molecule has 1 heterocycles. The minimum absolute atomic E-state index is 0.194. The van der Waals surface area contributed by atoms with Crippen LogP contribution >= 0.6 is 0 Å². The molecule has 0 aliphatic heterocycles. The second kappa shape index (κ2) is 8.33. The van der Waals surface area contributed by atoms with Gasteiger partial charge in [-0.05, 0) is 33.3 Å². The van der Waals surface area contributed by atoms with Gasteiger partial charge in [0.05, 0.1) is 17.9 Å². The van der Waals surface area contributed by atoms with Gasteiger partial charge in [-0.2, -0.15) is 0 Å². The lowest BCUT2D eigenvalue weighted by Gasteiger charge is -2.04. The number of Topliss-reactive ketones (excluding diaryl/α,β-unsaturated/α-hetero) is 1. The van der Waals surface area contributed by atoms with Crippen molar-refractivity contribution >= 4 is 17.7 Å². The molecule has 0 saturated carbocycles. The van der Waals surface area contributed by atoms with Crippen molar-refractivity contribution in [1.29, 1.82) is 0 Å². The molecule has 0 unspecified atom stereocenters. The summed E-state index contributed by atoms with van der Waals surface area (Å²) in [6.45, 7) is 6.82. The van der Waals surface area contributed by atoms with E-state index >= 15 is 0 Å². The van der Waals surface area contributed by atoms with E-state index in [4.69, 9.17) is 14.2 Å². The van der Waals surface area contributed by atoms with Gasteiger partial charge in [-0.3, -0.25) is 4.79 Å². The summed E-state index contributed by atoms with van der Waals surface area (Å²) in [4.78, 5) is 38.1. The van der Waals surface area contributed by atoms with Crippen LogP contribution in [0.3, 0.4) is 0 Å². The number of H-pyrrole nitrogens is 1. The zero-order chi connectivity index (χ0) is 16.7. The number of carbonyl (C=O) groups is 3. The van der Waals surface area contributed by atoms with E-state index < -0.39 is 24.3 Å². The monoisotopic (exact) mass is 311 g/mol. The average molecular weight is 311 g/mol. The highest BCUT2D eigenvalue weighted by Crippen LogP contribution is 2.19. The highest BCUT2D eigenvalue weighted by molar-refractivity contribution is 6.02. The Balaban J connectivity index is 2.76. The van der Waals surface area contributed by atoms with E-state index in [9.17, 15) is 14.4 Å². The van der Waals surface area contributed by atoms with Gasteiger partial charge in [0.1, 0.15) is 6.61 Å². The van der Waals surface area contributed by atoms with Crippen LogP contribution in [0.2, 0.25) is 0 Å². The van der Waals surface area contributed by atoms with Gasteiger partial charge in [-0.15, -0.1) is 0 Å². The number of ether oxygens (including phenoxy) is 3. The Hall–Kier alpha value is -2.15. The van der Waals surface area contributed by atoms with Crippen LogP contribution in [-0.2, 0) is 19.0 Å². The molecule has 0 amide bonds. The summed E-state index contributed by atoms with van der Waals surface area (Å²) in [5.74, 6) is -1.51. The zero-order valence-electron chi connectivity index (χ0n) is 13.3. The van der Waals surface area contributed by atoms with Gasteiger partial charge >= 0.3 is 11.9 Å². The summed E-state index contributed by atoms with van der Waals surface area (Å²) >= 11 is 0. The lowest BCUT2D eigenvalue weighted by Crippen LogP contribution is -2.19. The number of nitrogens with one attached hydrogen (secondary N) is 1. The lowest BCUT2D eigenvalue weighted by atomic mass is 10.1. The van der Waals surface area contributed by atoms with Gasteiger partial charge in [0.2, 0.25) is 5.78 Å². The second-order valence-electron chi connectivity index (χ2n) is 4.57. The Morgan fingerprint density at radius 1 is 1.00 bits per heavy atom. The maximum Gasteiger partial charge on any atom is 0.340 e. The van der Waals surface area contributed by atoms with Crippen molar-refractivity contribution in [2.45, 2.75) is 27.7 Å². The van der Waals surface area contributed by atoms with Crippen LogP contribution in [0.15, 0.2) is 0 Å². The van der Waals surface area contributed by atoms with Gasteiger partial charge in [-0.25, -0.2) is 9.59 Å². The van der Waals surface area contributed by atoms with Crippen LogP contribution in [0.4, 0.5) is 0 Å². The van der Waals surface area contributed by atoms with Gasteiger partial charge in [0.25, 0.3) is 0 Å². The van der Waals surface area contributed by atoms with Crippen molar-refractivity contribution in [3.8, 4) is 0 Å². The largest absolute Gasteiger partial charge is 0.462 e. The highest BCUT2D eigenvalue weighted by Gasteiger charge is 2.23. The first-order valence-corrected chi connectivity index (χ1v) is 7.05. The summed E-state index contributed by atoms with van der Waals surface area (Å²) in [5.41, 5.74) is 1.61. The van der Waals surface area contributed by atoms with Gasteiger partial charge < -0.3 is 19.2 Å². The van der Waals surface area contributed by atoms with Gasteiger partial charge in [0, 0.05) is 12.3 Å². The van der Waals surface area contributed by atoms with Crippen molar-refractivity contribution in [2.24, 2.45) is 0 Å². The molecule has 1 aromatic heterocycles. The highest BCUT2D eigenvalue weighted by atomic mass is 16.6. The van der Waals surface area contributed by atoms with E-state index in [2.05, 4.69) is 4.98 Å². The predicted octanol–water partition coefficient (Wildman–Crippen LogP) is 1.57. The summed E-state index contributed by atoms with van der Waals surface area (Å²) in [6.07, 6.45) is 0. The quantitative estimate of drug-likeness (QED) is 0.578. The fourth-order valence-corrected chi connectivity index (χ4v) is 1.98. The Kier molecular flexibility index (Phi) is 6.78. The molecule has 0 aliphatic rings. The number of aryl methyl sites for hydroxylation is 1. The summed E-state index contributed by atoms with van der Waals surface area (Å²) in [5, 5.41) is 0. The minimum atomic E-state index is -0.609. The summed E-state index contributed by atoms with van der Waals surface area (Å²) in [6, 6.07) is 0. The molecule has 0 aliphatic carbocycles. The molecule has 22 heavy (non-hydrogen) atoms. The number of hydrogen-bond acceptors (Lipinski definition) is 6. The third-order valence-electron chi connectivity index (χ3n) is 2.98. The minimum Gasteiger partial charge on any atom is -0.462 e. The molecule has 0 spiro atoms. The van der Waals surface area contributed by atoms with E-state index in [1.54, 1.807) is 27.7 Å². The molecule has 0 saturated heterocycles. The third kappa shape index (κ3) is 4.42. The first kappa shape index (κ1) is 17.9. The van der Waals surface area contributed by atoms with Gasteiger partial charge in [0.15, 0.2) is 6.61 Å².